The molecule has 8 heavy (non-hydrogen) atoms. The molecule has 0 aromatic carbocycles. The number of nitrogens with zero attached hydrogens (tertiary/aromatic N) is 1. The normalized spacial score (nSPS) is 20.6. The standard InChI is InChI=1S/C6H9NO/c1-5-3-2-4-6(8)7-5/h2-4H2,1H3. The van der Waals surface area contributed by atoms with Crippen LogP contribution in [0.2, 0.25) is 0 Å². The summed E-state index contributed by atoms with van der Waals surface area (Å²) in [7, 11) is 0. The molecule has 1 rings (SSSR count). The summed E-state index contributed by atoms with van der Waals surface area (Å²) in [6.45, 7) is 1.90. The maximum Gasteiger partial charge on any atom is 0.245 e. The van der Waals surface area contributed by atoms with Crippen LogP contribution in [0, 0.1) is 0 Å². The van der Waals surface area contributed by atoms with Crippen LogP contribution < -0.4 is 0 Å². The highest BCUT2D eigenvalue weighted by atomic mass is 16.1. The minimum absolute atomic E-state index is 0.0498. The summed E-state index contributed by atoms with van der Waals surface area (Å²) < 4.78 is 0. The zero-order chi connectivity index (χ0) is 5.98. The molecule has 0 unspecified atom stereocenters. The van der Waals surface area contributed by atoms with Gasteiger partial charge in [0, 0.05) is 12.1 Å². The van der Waals surface area contributed by atoms with Crippen molar-refractivity contribution in [1.82, 2.24) is 0 Å². The van der Waals surface area contributed by atoms with Gasteiger partial charge in [-0.15, -0.1) is 0 Å². The molecule has 0 bridgehead atoms. The number of hydrogen-bond donors (Lipinski definition) is 0. The second-order valence-electron chi connectivity index (χ2n) is 2.09. The summed E-state index contributed by atoms with van der Waals surface area (Å²) in [6.07, 6.45) is 2.65. The van der Waals surface area contributed by atoms with E-state index in [1.807, 2.05) is 6.92 Å². The van der Waals surface area contributed by atoms with E-state index in [2.05, 4.69) is 4.99 Å². The number of carbonyl (C=O) groups is 1. The van der Waals surface area contributed by atoms with Crippen LogP contribution in [-0.4, -0.2) is 11.6 Å². The van der Waals surface area contributed by atoms with Crippen molar-refractivity contribution in [1.29, 1.82) is 0 Å². The van der Waals surface area contributed by atoms with E-state index in [1.54, 1.807) is 0 Å². The van der Waals surface area contributed by atoms with Crippen molar-refractivity contribution in [3.05, 3.63) is 0 Å². The molecule has 1 aliphatic rings. The maximum atomic E-state index is 10.5. The fourth-order valence-corrected chi connectivity index (χ4v) is 0.820. The van der Waals surface area contributed by atoms with E-state index in [9.17, 15) is 4.79 Å². The van der Waals surface area contributed by atoms with E-state index in [4.69, 9.17) is 0 Å². The van der Waals surface area contributed by atoms with Gasteiger partial charge >= 0.3 is 0 Å². The lowest BCUT2D eigenvalue weighted by atomic mass is 10.1. The van der Waals surface area contributed by atoms with Gasteiger partial charge in [0.15, 0.2) is 0 Å². The number of aliphatic imine (C=N–C) groups is 1. The summed E-state index contributed by atoms with van der Waals surface area (Å²) >= 11 is 0. The highest BCUT2D eigenvalue weighted by Crippen LogP contribution is 2.05. The quantitative estimate of drug-likeness (QED) is 0.461. The monoisotopic (exact) mass is 111 g/mol. The molecule has 0 aromatic heterocycles. The highest BCUT2D eigenvalue weighted by molar-refractivity contribution is 5.96. The highest BCUT2D eigenvalue weighted by Gasteiger charge is 2.06. The summed E-state index contributed by atoms with van der Waals surface area (Å²) in [4.78, 5) is 14.2. The van der Waals surface area contributed by atoms with E-state index >= 15 is 0 Å². The van der Waals surface area contributed by atoms with Gasteiger partial charge in [-0.05, 0) is 19.8 Å². The van der Waals surface area contributed by atoms with Gasteiger partial charge in [0.25, 0.3) is 0 Å². The second-order valence-corrected chi connectivity index (χ2v) is 2.09. The van der Waals surface area contributed by atoms with Gasteiger partial charge in [-0.2, -0.15) is 0 Å². The number of carbonyl (C=O) groups excluding carboxylic acids is 1. The molecule has 0 radical (unpaired) electrons. The van der Waals surface area contributed by atoms with Crippen LogP contribution in [-0.2, 0) is 4.79 Å². The van der Waals surface area contributed by atoms with Crippen molar-refractivity contribution in [2.24, 2.45) is 4.99 Å². The van der Waals surface area contributed by atoms with Gasteiger partial charge in [0.2, 0.25) is 5.91 Å². The van der Waals surface area contributed by atoms with E-state index in [-0.39, 0.29) is 5.91 Å². The lowest BCUT2D eigenvalue weighted by Gasteiger charge is -2.03. The molecule has 0 atom stereocenters. The Balaban J connectivity index is 2.64. The zero-order valence-electron chi connectivity index (χ0n) is 4.98. The molecule has 2 nitrogen and oxygen atoms in total. The van der Waals surface area contributed by atoms with Crippen LogP contribution in [0.5, 0.6) is 0 Å². The Kier molecular flexibility index (Phi) is 1.42. The number of rotatable bonds is 0. The van der Waals surface area contributed by atoms with E-state index in [0.29, 0.717) is 6.42 Å². The molecule has 0 saturated heterocycles. The maximum absolute atomic E-state index is 10.5. The largest absolute Gasteiger partial charge is 0.273 e. The Hall–Kier alpha value is -0.660. The number of amides is 1. The van der Waals surface area contributed by atoms with Crippen LogP contribution in [0.3, 0.4) is 0 Å². The first kappa shape index (κ1) is 5.48. The topological polar surface area (TPSA) is 29.4 Å². The summed E-state index contributed by atoms with van der Waals surface area (Å²) in [6, 6.07) is 0. The molecule has 1 heterocycles. The van der Waals surface area contributed by atoms with Crippen molar-refractivity contribution < 1.29 is 4.79 Å². The predicted octanol–water partition coefficient (Wildman–Crippen LogP) is 1.16. The molecule has 44 valence electrons. The SMILES string of the molecule is CC1=NC(=O)CCC1. The molecule has 0 aliphatic carbocycles. The Labute approximate surface area is 48.6 Å². The molecule has 0 N–H and O–H groups in total. The summed E-state index contributed by atoms with van der Waals surface area (Å²) in [5.41, 5.74) is 0.987. The molecule has 2 heteroatoms. The Morgan fingerprint density at radius 1 is 1.50 bits per heavy atom. The molecular formula is C6H9NO. The number of hydrogen-bond acceptors (Lipinski definition) is 1. The van der Waals surface area contributed by atoms with Crippen LogP contribution in [0.4, 0.5) is 0 Å². The predicted molar refractivity (Wildman–Crippen MR) is 32.0 cm³/mol. The third-order valence-corrected chi connectivity index (χ3v) is 1.24. The Bertz CT molecular complexity index is 137. The lowest BCUT2D eigenvalue weighted by Crippen LogP contribution is -2.06. The van der Waals surface area contributed by atoms with Crippen molar-refractivity contribution in [3.63, 3.8) is 0 Å². The smallest absolute Gasteiger partial charge is 0.245 e. The Morgan fingerprint density at radius 2 is 2.25 bits per heavy atom. The van der Waals surface area contributed by atoms with Gasteiger partial charge in [-0.1, -0.05) is 0 Å². The van der Waals surface area contributed by atoms with Gasteiger partial charge < -0.3 is 0 Å². The molecule has 0 saturated carbocycles. The van der Waals surface area contributed by atoms with Gasteiger partial charge in [0.1, 0.15) is 0 Å². The van der Waals surface area contributed by atoms with Crippen molar-refractivity contribution in [2.75, 3.05) is 0 Å². The minimum Gasteiger partial charge on any atom is -0.273 e. The van der Waals surface area contributed by atoms with E-state index in [1.165, 1.54) is 0 Å². The molecule has 0 fully saturated rings. The van der Waals surface area contributed by atoms with Gasteiger partial charge in [-0.3, -0.25) is 4.79 Å². The molecule has 1 aliphatic heterocycles. The van der Waals surface area contributed by atoms with Gasteiger partial charge in [0.05, 0.1) is 0 Å². The first-order chi connectivity index (χ1) is 3.79. The van der Waals surface area contributed by atoms with Gasteiger partial charge in [-0.25, -0.2) is 4.99 Å². The average molecular weight is 111 g/mol. The molecule has 1 amide bonds. The molecule has 0 aromatic rings. The fraction of sp³-hybridized carbons (Fsp3) is 0.667. The lowest BCUT2D eigenvalue weighted by molar-refractivity contribution is -0.118. The Morgan fingerprint density at radius 3 is 2.62 bits per heavy atom. The first-order valence-electron chi connectivity index (χ1n) is 2.86. The minimum atomic E-state index is 0.0498. The van der Waals surface area contributed by atoms with Crippen LogP contribution >= 0.6 is 0 Å². The first-order valence-corrected chi connectivity index (χ1v) is 2.86. The van der Waals surface area contributed by atoms with Crippen molar-refractivity contribution in [2.45, 2.75) is 26.2 Å². The van der Waals surface area contributed by atoms with Crippen LogP contribution in [0.25, 0.3) is 0 Å². The van der Waals surface area contributed by atoms with Crippen molar-refractivity contribution in [3.8, 4) is 0 Å². The van der Waals surface area contributed by atoms with E-state index < -0.39 is 0 Å². The fourth-order valence-electron chi connectivity index (χ4n) is 0.820. The van der Waals surface area contributed by atoms with Crippen LogP contribution in [0.1, 0.15) is 26.2 Å². The molecular weight excluding hydrogens is 102 g/mol. The third-order valence-electron chi connectivity index (χ3n) is 1.24. The summed E-state index contributed by atoms with van der Waals surface area (Å²) in [5.74, 6) is 0.0498. The van der Waals surface area contributed by atoms with Crippen LogP contribution in [0.15, 0.2) is 4.99 Å². The summed E-state index contributed by atoms with van der Waals surface area (Å²) in [5, 5.41) is 0. The third kappa shape index (κ3) is 1.15. The average Bonchev–Trinajstić information content (AvgIpc) is 1.64. The van der Waals surface area contributed by atoms with E-state index in [0.717, 1.165) is 18.6 Å². The molecule has 0 spiro atoms. The second kappa shape index (κ2) is 2.07. The zero-order valence-corrected chi connectivity index (χ0v) is 4.98. The van der Waals surface area contributed by atoms with Crippen molar-refractivity contribution >= 4 is 11.6 Å².